The van der Waals surface area contributed by atoms with E-state index in [4.69, 9.17) is 9.47 Å². The summed E-state index contributed by atoms with van der Waals surface area (Å²) in [5.41, 5.74) is 1.01. The second kappa shape index (κ2) is 9.41. The van der Waals surface area contributed by atoms with Crippen LogP contribution in [0.3, 0.4) is 0 Å². The molecule has 1 aromatic carbocycles. The Bertz CT molecular complexity index is 683. The standard InChI is InChI=1S/C22H32N2O4/c1-17-4-3-5-20(14-17)27-16-21(26)24-11-8-22(9-12-24)15-19(7-13-28-22)6-10-23-18(2)25/h3-5,14,19H,6-13,15-16H2,1-2H3,(H,23,25). The molecule has 3 rings (SSSR count). The Balaban J connectivity index is 1.44. The smallest absolute Gasteiger partial charge is 0.260 e. The molecule has 2 aliphatic heterocycles. The van der Waals surface area contributed by atoms with Crippen LogP contribution in [0.4, 0.5) is 0 Å². The number of nitrogens with zero attached hydrogens (tertiary/aromatic N) is 1. The fourth-order valence-electron chi connectivity index (χ4n) is 4.28. The first-order chi connectivity index (χ1) is 13.5. The SMILES string of the molecule is CC(=O)NCCC1CCOC2(CCN(C(=O)COc3cccc(C)c3)CC2)C1. The zero-order chi connectivity index (χ0) is 20.0. The number of piperidine rings is 1. The van der Waals surface area contributed by atoms with E-state index >= 15 is 0 Å². The van der Waals surface area contributed by atoms with Gasteiger partial charge < -0.3 is 19.7 Å². The van der Waals surface area contributed by atoms with E-state index in [1.54, 1.807) is 6.92 Å². The van der Waals surface area contributed by atoms with Gasteiger partial charge in [0.15, 0.2) is 6.61 Å². The van der Waals surface area contributed by atoms with E-state index in [0.29, 0.717) is 19.0 Å². The van der Waals surface area contributed by atoms with Crippen LogP contribution >= 0.6 is 0 Å². The number of ether oxygens (including phenoxy) is 2. The van der Waals surface area contributed by atoms with Gasteiger partial charge in [-0.05, 0) is 62.6 Å². The fourth-order valence-corrected chi connectivity index (χ4v) is 4.28. The number of carbonyl (C=O) groups is 2. The van der Waals surface area contributed by atoms with Crippen LogP contribution in [-0.4, -0.2) is 55.2 Å². The second-order valence-corrected chi connectivity index (χ2v) is 8.15. The monoisotopic (exact) mass is 388 g/mol. The number of amides is 2. The van der Waals surface area contributed by atoms with Gasteiger partial charge in [0.25, 0.3) is 5.91 Å². The van der Waals surface area contributed by atoms with Crippen LogP contribution in [-0.2, 0) is 14.3 Å². The van der Waals surface area contributed by atoms with Gasteiger partial charge in [0, 0.05) is 33.2 Å². The minimum atomic E-state index is -0.104. The predicted octanol–water partition coefficient (Wildman–Crippen LogP) is 2.69. The van der Waals surface area contributed by atoms with Gasteiger partial charge in [0.1, 0.15) is 5.75 Å². The van der Waals surface area contributed by atoms with Gasteiger partial charge in [-0.25, -0.2) is 0 Å². The molecule has 2 amide bonds. The average molecular weight is 389 g/mol. The van der Waals surface area contributed by atoms with Crippen LogP contribution in [0, 0.1) is 12.8 Å². The first-order valence-electron chi connectivity index (χ1n) is 10.3. The van der Waals surface area contributed by atoms with Crippen molar-refractivity contribution in [3.8, 4) is 5.75 Å². The zero-order valence-electron chi connectivity index (χ0n) is 17.0. The Kier molecular flexibility index (Phi) is 6.94. The normalized spacial score (nSPS) is 21.4. The summed E-state index contributed by atoms with van der Waals surface area (Å²) in [6.07, 6.45) is 4.82. The highest BCUT2D eigenvalue weighted by Crippen LogP contribution is 2.38. The molecular weight excluding hydrogens is 356 g/mol. The molecule has 0 aromatic heterocycles. The van der Waals surface area contributed by atoms with Crippen molar-refractivity contribution in [3.63, 3.8) is 0 Å². The lowest BCUT2D eigenvalue weighted by Gasteiger charge is -2.46. The third-order valence-electron chi connectivity index (χ3n) is 5.90. The van der Waals surface area contributed by atoms with Crippen molar-refractivity contribution in [2.45, 2.75) is 51.6 Å². The summed E-state index contributed by atoms with van der Waals surface area (Å²) in [4.78, 5) is 25.5. The lowest BCUT2D eigenvalue weighted by atomic mass is 9.78. The number of hydrogen-bond donors (Lipinski definition) is 1. The van der Waals surface area contributed by atoms with Crippen molar-refractivity contribution in [1.29, 1.82) is 0 Å². The van der Waals surface area contributed by atoms with Crippen molar-refractivity contribution in [2.24, 2.45) is 5.92 Å². The maximum Gasteiger partial charge on any atom is 0.260 e. The van der Waals surface area contributed by atoms with Crippen LogP contribution in [0.25, 0.3) is 0 Å². The first kappa shape index (κ1) is 20.6. The molecule has 0 radical (unpaired) electrons. The van der Waals surface area contributed by atoms with E-state index in [2.05, 4.69) is 5.32 Å². The highest BCUT2D eigenvalue weighted by atomic mass is 16.5. The lowest BCUT2D eigenvalue weighted by Crippen LogP contribution is -2.51. The molecule has 1 atom stereocenters. The number of aryl methyl sites for hydroxylation is 1. The molecule has 154 valence electrons. The van der Waals surface area contributed by atoms with E-state index in [1.807, 2.05) is 36.1 Å². The van der Waals surface area contributed by atoms with Gasteiger partial charge in [-0.3, -0.25) is 9.59 Å². The van der Waals surface area contributed by atoms with E-state index in [0.717, 1.165) is 56.6 Å². The molecule has 1 spiro atoms. The maximum atomic E-state index is 12.5. The first-order valence-corrected chi connectivity index (χ1v) is 10.3. The van der Waals surface area contributed by atoms with Gasteiger partial charge >= 0.3 is 0 Å². The average Bonchev–Trinajstić information content (AvgIpc) is 2.67. The minimum absolute atomic E-state index is 0.0291. The van der Waals surface area contributed by atoms with Gasteiger partial charge in [-0.15, -0.1) is 0 Å². The minimum Gasteiger partial charge on any atom is -0.484 e. The van der Waals surface area contributed by atoms with Gasteiger partial charge in [0.05, 0.1) is 5.60 Å². The van der Waals surface area contributed by atoms with Gasteiger partial charge in [0.2, 0.25) is 5.91 Å². The molecule has 2 heterocycles. The molecule has 28 heavy (non-hydrogen) atoms. The molecule has 1 aromatic rings. The third kappa shape index (κ3) is 5.71. The van der Waals surface area contributed by atoms with E-state index < -0.39 is 0 Å². The Morgan fingerprint density at radius 2 is 2.11 bits per heavy atom. The molecule has 2 aliphatic rings. The van der Waals surface area contributed by atoms with E-state index in [1.165, 1.54) is 0 Å². The molecule has 0 aliphatic carbocycles. The Hall–Kier alpha value is -2.08. The number of hydrogen-bond acceptors (Lipinski definition) is 4. The van der Waals surface area contributed by atoms with Crippen LogP contribution in [0.15, 0.2) is 24.3 Å². The lowest BCUT2D eigenvalue weighted by molar-refractivity contribution is -0.148. The molecule has 2 fully saturated rings. The largest absolute Gasteiger partial charge is 0.484 e. The summed E-state index contributed by atoms with van der Waals surface area (Å²) in [5.74, 6) is 1.38. The fraction of sp³-hybridized carbons (Fsp3) is 0.636. The summed E-state index contributed by atoms with van der Waals surface area (Å²) in [5, 5.41) is 2.89. The third-order valence-corrected chi connectivity index (χ3v) is 5.90. The molecule has 6 nitrogen and oxygen atoms in total. The maximum absolute atomic E-state index is 12.5. The van der Waals surface area contributed by atoms with Crippen LogP contribution in [0.2, 0.25) is 0 Å². The van der Waals surface area contributed by atoms with Crippen LogP contribution < -0.4 is 10.1 Å². The van der Waals surface area contributed by atoms with Crippen molar-refractivity contribution in [2.75, 3.05) is 32.8 Å². The summed E-state index contributed by atoms with van der Waals surface area (Å²) < 4.78 is 11.8. The Labute approximate surface area is 167 Å². The highest BCUT2D eigenvalue weighted by molar-refractivity contribution is 5.78. The van der Waals surface area contributed by atoms with Crippen LogP contribution in [0.5, 0.6) is 5.75 Å². The van der Waals surface area contributed by atoms with Crippen molar-refractivity contribution in [1.82, 2.24) is 10.2 Å². The van der Waals surface area contributed by atoms with Gasteiger partial charge in [-0.2, -0.15) is 0 Å². The second-order valence-electron chi connectivity index (χ2n) is 8.15. The number of benzene rings is 1. The molecule has 0 bridgehead atoms. The molecule has 2 saturated heterocycles. The predicted molar refractivity (Wildman–Crippen MR) is 107 cm³/mol. The van der Waals surface area contributed by atoms with Crippen molar-refractivity contribution in [3.05, 3.63) is 29.8 Å². The molecule has 0 saturated carbocycles. The zero-order valence-corrected chi connectivity index (χ0v) is 17.0. The molecular formula is C22H32N2O4. The molecule has 1 unspecified atom stereocenters. The summed E-state index contributed by atoms with van der Waals surface area (Å²) >= 11 is 0. The molecule has 1 N–H and O–H groups in total. The Morgan fingerprint density at radius 1 is 1.32 bits per heavy atom. The number of rotatable bonds is 6. The number of likely N-dealkylation sites (tertiary alicyclic amines) is 1. The van der Waals surface area contributed by atoms with Crippen molar-refractivity contribution < 1.29 is 19.1 Å². The van der Waals surface area contributed by atoms with E-state index in [9.17, 15) is 9.59 Å². The highest BCUT2D eigenvalue weighted by Gasteiger charge is 2.40. The topological polar surface area (TPSA) is 67.9 Å². The summed E-state index contributed by atoms with van der Waals surface area (Å²) in [7, 11) is 0. The quantitative estimate of drug-likeness (QED) is 0.814. The number of nitrogens with one attached hydrogen (secondary N) is 1. The van der Waals surface area contributed by atoms with Crippen LogP contribution in [0.1, 0.15) is 44.6 Å². The van der Waals surface area contributed by atoms with Gasteiger partial charge in [-0.1, -0.05) is 12.1 Å². The van der Waals surface area contributed by atoms with Crippen molar-refractivity contribution >= 4 is 11.8 Å². The summed E-state index contributed by atoms with van der Waals surface area (Å²) in [6.45, 7) is 6.58. The summed E-state index contributed by atoms with van der Waals surface area (Å²) in [6, 6.07) is 7.76. The van der Waals surface area contributed by atoms with E-state index in [-0.39, 0.29) is 24.0 Å². The Morgan fingerprint density at radius 3 is 2.82 bits per heavy atom. The molecule has 6 heteroatoms. The number of carbonyl (C=O) groups excluding carboxylic acids is 2.